The molecule has 266 valence electrons. The normalized spacial score (nSPS) is 14.0. The Morgan fingerprint density at radius 2 is 1.19 bits per heavy atom. The third-order valence-corrected chi connectivity index (χ3v) is 6.97. The summed E-state index contributed by atoms with van der Waals surface area (Å²) in [6, 6.07) is 2.86. The lowest BCUT2D eigenvalue weighted by atomic mass is 9.97. The maximum absolute atomic E-state index is 13.5. The topological polar surface area (TPSA) is 283 Å². The first kappa shape index (κ1) is 41.0. The van der Waals surface area contributed by atoms with Gasteiger partial charge < -0.3 is 47.6 Å². The van der Waals surface area contributed by atoms with Gasteiger partial charge in [-0.2, -0.15) is 0 Å². The number of hydrogen-bond acceptors (Lipinski definition) is 9. The molecule has 0 saturated heterocycles. The monoisotopic (exact) mass is 678 g/mol. The standard InChI is InChI=1S/C31H46N6O11/c1-16(2)12-21(27(45)46)34-25(43)19(13-17-10-8-7-9-11-17)35-28(47)30(3,4)37-29(48)31(5,6)36-26(44)20(15-23(40)41)33-24(42)18(32)14-22(38)39/h7-11,16,18-21H,12-15,32H2,1-6H3,(H,33,42)(H,34,43)(H,35,47)(H,36,44)(H,37,48)(H,38,39)(H,40,41)(H,45,46)/t18-,19-,20-,21-/m0/s1. The van der Waals surface area contributed by atoms with Gasteiger partial charge in [-0.1, -0.05) is 44.2 Å². The summed E-state index contributed by atoms with van der Waals surface area (Å²) in [5, 5.41) is 39.6. The molecule has 0 saturated carbocycles. The quantitative estimate of drug-likeness (QED) is 0.0841. The van der Waals surface area contributed by atoms with Crippen LogP contribution in [0, 0.1) is 5.92 Å². The molecule has 0 aromatic heterocycles. The maximum Gasteiger partial charge on any atom is 0.326 e. The number of amides is 5. The Labute approximate surface area is 277 Å². The van der Waals surface area contributed by atoms with Gasteiger partial charge in [-0.05, 0) is 45.6 Å². The highest BCUT2D eigenvalue weighted by atomic mass is 16.4. The predicted octanol–water partition coefficient (Wildman–Crippen LogP) is -1.12. The van der Waals surface area contributed by atoms with E-state index in [9.17, 15) is 48.6 Å². The zero-order valence-electron chi connectivity index (χ0n) is 27.8. The minimum Gasteiger partial charge on any atom is -0.481 e. The molecule has 0 spiro atoms. The molecule has 1 aromatic rings. The lowest BCUT2D eigenvalue weighted by Crippen LogP contribution is -2.66. The van der Waals surface area contributed by atoms with E-state index >= 15 is 0 Å². The Bertz CT molecular complexity index is 1360. The fraction of sp³-hybridized carbons (Fsp3) is 0.548. The Morgan fingerprint density at radius 3 is 1.69 bits per heavy atom. The van der Waals surface area contributed by atoms with Crippen molar-refractivity contribution < 1.29 is 53.7 Å². The van der Waals surface area contributed by atoms with E-state index in [0.29, 0.717) is 5.56 Å². The van der Waals surface area contributed by atoms with Crippen LogP contribution >= 0.6 is 0 Å². The lowest BCUT2D eigenvalue weighted by molar-refractivity contribution is -0.143. The van der Waals surface area contributed by atoms with E-state index in [1.807, 2.05) is 0 Å². The first-order valence-corrected chi connectivity index (χ1v) is 15.1. The Balaban J connectivity index is 3.13. The second-order valence-corrected chi connectivity index (χ2v) is 12.8. The Morgan fingerprint density at radius 1 is 0.667 bits per heavy atom. The third kappa shape index (κ3) is 13.7. The van der Waals surface area contributed by atoms with Gasteiger partial charge in [0, 0.05) is 6.42 Å². The number of nitrogens with two attached hydrogens (primary N) is 1. The van der Waals surface area contributed by atoms with Gasteiger partial charge in [-0.25, -0.2) is 4.79 Å². The molecule has 0 heterocycles. The minimum absolute atomic E-state index is 0.00911. The number of carboxylic acid groups (broad SMARTS) is 3. The third-order valence-electron chi connectivity index (χ3n) is 6.97. The van der Waals surface area contributed by atoms with Gasteiger partial charge in [0.15, 0.2) is 0 Å². The van der Waals surface area contributed by atoms with Crippen LogP contribution in [-0.4, -0.2) is 98.0 Å². The second-order valence-electron chi connectivity index (χ2n) is 12.8. The van der Waals surface area contributed by atoms with Crippen LogP contribution in [0.4, 0.5) is 0 Å². The molecule has 0 aliphatic heterocycles. The summed E-state index contributed by atoms with van der Waals surface area (Å²) in [5.41, 5.74) is 2.64. The van der Waals surface area contributed by atoms with E-state index in [1.165, 1.54) is 27.7 Å². The summed E-state index contributed by atoms with van der Waals surface area (Å²) in [7, 11) is 0. The number of carboxylic acids is 3. The first-order valence-electron chi connectivity index (χ1n) is 15.1. The predicted molar refractivity (Wildman–Crippen MR) is 170 cm³/mol. The molecule has 48 heavy (non-hydrogen) atoms. The number of aliphatic carboxylic acids is 3. The van der Waals surface area contributed by atoms with Crippen LogP contribution in [0.2, 0.25) is 0 Å². The Hall–Kier alpha value is -5.06. The highest BCUT2D eigenvalue weighted by Gasteiger charge is 2.40. The van der Waals surface area contributed by atoms with E-state index in [-0.39, 0.29) is 18.8 Å². The molecule has 1 rings (SSSR count). The fourth-order valence-electron chi connectivity index (χ4n) is 4.26. The first-order chi connectivity index (χ1) is 22.0. The average Bonchev–Trinajstić information content (AvgIpc) is 2.95. The molecule has 17 nitrogen and oxygen atoms in total. The highest BCUT2D eigenvalue weighted by molar-refractivity contribution is 5.99. The van der Waals surface area contributed by atoms with Crippen molar-refractivity contribution in [2.45, 2.75) is 102 Å². The molecular formula is C31H46N6O11. The SMILES string of the molecule is CC(C)C[C@H](NC(=O)[C@H](Cc1ccccc1)NC(=O)C(C)(C)NC(=O)C(C)(C)NC(=O)[C@H](CC(=O)O)NC(=O)[C@@H](N)CC(=O)O)C(=O)O. The van der Waals surface area contributed by atoms with Crippen molar-refractivity contribution >= 4 is 47.4 Å². The van der Waals surface area contributed by atoms with Crippen LogP contribution in [-0.2, 0) is 44.8 Å². The fourth-order valence-corrected chi connectivity index (χ4v) is 4.26. The van der Waals surface area contributed by atoms with Crippen molar-refractivity contribution in [3.8, 4) is 0 Å². The van der Waals surface area contributed by atoms with Crippen LogP contribution in [0.1, 0.15) is 66.4 Å². The van der Waals surface area contributed by atoms with Crippen molar-refractivity contribution in [2.24, 2.45) is 11.7 Å². The van der Waals surface area contributed by atoms with Gasteiger partial charge in [0.05, 0.1) is 18.9 Å². The summed E-state index contributed by atoms with van der Waals surface area (Å²) in [6.45, 7) is 8.73. The maximum atomic E-state index is 13.5. The molecule has 10 N–H and O–H groups in total. The van der Waals surface area contributed by atoms with E-state index < -0.39 is 95.5 Å². The molecular weight excluding hydrogens is 632 g/mol. The molecule has 0 aliphatic carbocycles. The Kier molecular flexibility index (Phi) is 15.1. The number of nitrogens with one attached hydrogen (secondary N) is 5. The number of carbonyl (C=O) groups excluding carboxylic acids is 5. The highest BCUT2D eigenvalue weighted by Crippen LogP contribution is 2.13. The summed E-state index contributed by atoms with van der Waals surface area (Å²) < 4.78 is 0. The van der Waals surface area contributed by atoms with Crippen LogP contribution in [0.15, 0.2) is 30.3 Å². The molecule has 0 unspecified atom stereocenters. The van der Waals surface area contributed by atoms with Crippen LogP contribution in [0.5, 0.6) is 0 Å². The second kappa shape index (κ2) is 17.7. The number of rotatable bonds is 19. The summed E-state index contributed by atoms with van der Waals surface area (Å²) in [5.74, 6) is -8.90. The molecule has 1 aromatic carbocycles. The average molecular weight is 679 g/mol. The summed E-state index contributed by atoms with van der Waals surface area (Å²) in [6.07, 6.45) is -1.58. The van der Waals surface area contributed by atoms with Crippen molar-refractivity contribution in [2.75, 3.05) is 0 Å². The van der Waals surface area contributed by atoms with Crippen molar-refractivity contribution in [1.29, 1.82) is 0 Å². The zero-order valence-corrected chi connectivity index (χ0v) is 27.8. The minimum atomic E-state index is -1.80. The van der Waals surface area contributed by atoms with Gasteiger partial charge in [0.2, 0.25) is 29.5 Å². The van der Waals surface area contributed by atoms with Crippen molar-refractivity contribution in [3.63, 3.8) is 0 Å². The van der Waals surface area contributed by atoms with Crippen molar-refractivity contribution in [3.05, 3.63) is 35.9 Å². The van der Waals surface area contributed by atoms with E-state index in [2.05, 4.69) is 26.6 Å². The van der Waals surface area contributed by atoms with Crippen molar-refractivity contribution in [1.82, 2.24) is 26.6 Å². The van der Waals surface area contributed by atoms with Gasteiger partial charge in [-0.3, -0.25) is 33.6 Å². The molecule has 4 atom stereocenters. The molecule has 0 bridgehead atoms. The van der Waals surface area contributed by atoms with Crippen LogP contribution < -0.4 is 32.3 Å². The van der Waals surface area contributed by atoms with Gasteiger partial charge in [-0.15, -0.1) is 0 Å². The number of carbonyl (C=O) groups is 8. The smallest absolute Gasteiger partial charge is 0.326 e. The number of benzene rings is 1. The van der Waals surface area contributed by atoms with E-state index in [1.54, 1.807) is 44.2 Å². The molecule has 0 radical (unpaired) electrons. The summed E-state index contributed by atoms with van der Waals surface area (Å²) >= 11 is 0. The largest absolute Gasteiger partial charge is 0.481 e. The molecule has 0 aliphatic rings. The molecule has 17 heteroatoms. The van der Waals surface area contributed by atoms with Gasteiger partial charge in [0.25, 0.3) is 0 Å². The van der Waals surface area contributed by atoms with E-state index in [0.717, 1.165) is 0 Å². The molecule has 0 fully saturated rings. The van der Waals surface area contributed by atoms with E-state index in [4.69, 9.17) is 10.8 Å². The zero-order chi connectivity index (χ0) is 37.0. The lowest BCUT2D eigenvalue weighted by Gasteiger charge is -2.33. The van der Waals surface area contributed by atoms with Gasteiger partial charge >= 0.3 is 17.9 Å². The number of hydrogen-bond donors (Lipinski definition) is 9. The summed E-state index contributed by atoms with van der Waals surface area (Å²) in [4.78, 5) is 99.3. The van der Waals surface area contributed by atoms with Crippen LogP contribution in [0.25, 0.3) is 0 Å². The van der Waals surface area contributed by atoms with Crippen LogP contribution in [0.3, 0.4) is 0 Å². The van der Waals surface area contributed by atoms with Gasteiger partial charge in [0.1, 0.15) is 29.2 Å². The molecule has 5 amide bonds.